The molecule has 158 valence electrons. The minimum absolute atomic E-state index is 0.0553. The Morgan fingerprint density at radius 2 is 2.00 bits per heavy atom. The van der Waals surface area contributed by atoms with Crippen LogP contribution < -0.4 is 15.6 Å². The van der Waals surface area contributed by atoms with Crippen molar-refractivity contribution in [2.24, 2.45) is 0 Å². The molecule has 2 N–H and O–H groups in total. The first kappa shape index (κ1) is 21.2. The van der Waals surface area contributed by atoms with E-state index >= 15 is 0 Å². The van der Waals surface area contributed by atoms with Crippen LogP contribution in [0.1, 0.15) is 24.9 Å². The van der Waals surface area contributed by atoms with E-state index in [1.165, 1.54) is 49.2 Å². The van der Waals surface area contributed by atoms with Crippen LogP contribution in [0.15, 0.2) is 35.1 Å². The molecule has 1 aromatic carbocycles. The lowest BCUT2D eigenvalue weighted by Gasteiger charge is -2.45. The van der Waals surface area contributed by atoms with Crippen LogP contribution >= 0.6 is 0 Å². The van der Waals surface area contributed by atoms with Crippen molar-refractivity contribution in [3.8, 4) is 5.75 Å². The van der Waals surface area contributed by atoms with Gasteiger partial charge in [0.25, 0.3) is 5.56 Å². The first-order valence-corrected chi connectivity index (χ1v) is 9.43. The Labute approximate surface area is 168 Å². The Balaban J connectivity index is 2.04. The standard InChI is InChI=1S/C20H26FN3O5/c1-4-9-24-17(25)8-7-16(23-24)22-18-14-10-13(21)5-6-15(14)29-20(11-27-2,12-28-3)19(18)26/h5-8,10,18-19,26H,4,9,11-12H2,1-3H3,(H,22,23)/t18-,19+/m0/s1. The minimum atomic E-state index is -1.20. The van der Waals surface area contributed by atoms with Gasteiger partial charge in [-0.25, -0.2) is 9.07 Å². The maximum Gasteiger partial charge on any atom is 0.266 e. The highest BCUT2D eigenvalue weighted by atomic mass is 19.1. The van der Waals surface area contributed by atoms with Crippen LogP contribution in [0.4, 0.5) is 10.2 Å². The van der Waals surface area contributed by atoms with E-state index in [0.717, 1.165) is 6.42 Å². The average molecular weight is 407 g/mol. The Kier molecular flexibility index (Phi) is 6.51. The van der Waals surface area contributed by atoms with Crippen molar-refractivity contribution in [1.82, 2.24) is 9.78 Å². The topological polar surface area (TPSA) is 94.8 Å². The summed E-state index contributed by atoms with van der Waals surface area (Å²) in [6.07, 6.45) is -0.403. The first-order chi connectivity index (χ1) is 13.9. The van der Waals surface area contributed by atoms with Gasteiger partial charge < -0.3 is 24.6 Å². The number of aliphatic hydroxyl groups excluding tert-OH is 1. The highest BCUT2D eigenvalue weighted by molar-refractivity contribution is 5.47. The molecular formula is C20H26FN3O5. The fourth-order valence-electron chi connectivity index (χ4n) is 3.58. The third kappa shape index (κ3) is 4.26. The molecule has 2 atom stereocenters. The second-order valence-corrected chi connectivity index (χ2v) is 7.06. The van der Waals surface area contributed by atoms with Crippen molar-refractivity contribution >= 4 is 5.82 Å². The number of methoxy groups -OCH3 is 2. The summed E-state index contributed by atoms with van der Waals surface area (Å²) in [5.41, 5.74) is -0.982. The molecule has 1 aliphatic rings. The molecule has 3 rings (SSSR count). The smallest absolute Gasteiger partial charge is 0.266 e. The monoisotopic (exact) mass is 407 g/mol. The van der Waals surface area contributed by atoms with Gasteiger partial charge in [-0.2, -0.15) is 5.10 Å². The number of halogens is 1. The predicted octanol–water partition coefficient (Wildman–Crippen LogP) is 1.73. The number of benzene rings is 1. The summed E-state index contributed by atoms with van der Waals surface area (Å²) in [6.45, 7) is 2.52. The second kappa shape index (κ2) is 8.89. The van der Waals surface area contributed by atoms with Crippen LogP contribution in [-0.2, 0) is 16.0 Å². The average Bonchev–Trinajstić information content (AvgIpc) is 2.69. The lowest BCUT2D eigenvalue weighted by atomic mass is 9.84. The Hall–Kier alpha value is -2.49. The quantitative estimate of drug-likeness (QED) is 0.688. The van der Waals surface area contributed by atoms with Crippen LogP contribution in [0.2, 0.25) is 0 Å². The summed E-state index contributed by atoms with van der Waals surface area (Å²) in [5.74, 6) is 0.328. The molecule has 0 unspecified atom stereocenters. The van der Waals surface area contributed by atoms with E-state index in [2.05, 4.69) is 10.4 Å². The van der Waals surface area contributed by atoms with Crippen molar-refractivity contribution in [1.29, 1.82) is 0 Å². The number of hydrogen-bond donors (Lipinski definition) is 2. The van der Waals surface area contributed by atoms with Gasteiger partial charge in [-0.3, -0.25) is 4.79 Å². The molecule has 29 heavy (non-hydrogen) atoms. The number of nitrogens with zero attached hydrogens (tertiary/aromatic N) is 2. The molecule has 8 nitrogen and oxygen atoms in total. The lowest BCUT2D eigenvalue weighted by molar-refractivity contribution is -0.142. The zero-order valence-electron chi connectivity index (χ0n) is 16.7. The second-order valence-electron chi connectivity index (χ2n) is 7.06. The molecule has 0 aliphatic carbocycles. The summed E-state index contributed by atoms with van der Waals surface area (Å²) in [4.78, 5) is 12.0. The van der Waals surface area contributed by atoms with Crippen LogP contribution in [0.25, 0.3) is 0 Å². The predicted molar refractivity (Wildman–Crippen MR) is 105 cm³/mol. The Bertz CT molecular complexity index is 898. The molecule has 0 fully saturated rings. The van der Waals surface area contributed by atoms with Crippen molar-refractivity contribution < 1.29 is 23.7 Å². The van der Waals surface area contributed by atoms with Crippen LogP contribution in [-0.4, -0.2) is 54.0 Å². The fraction of sp³-hybridized carbons (Fsp3) is 0.500. The van der Waals surface area contributed by atoms with Crippen molar-refractivity contribution in [2.75, 3.05) is 32.8 Å². The van der Waals surface area contributed by atoms with Gasteiger partial charge >= 0.3 is 0 Å². The number of ether oxygens (including phenoxy) is 3. The molecular weight excluding hydrogens is 381 g/mol. The van der Waals surface area contributed by atoms with Gasteiger partial charge in [-0.1, -0.05) is 6.92 Å². The van der Waals surface area contributed by atoms with Gasteiger partial charge in [0.2, 0.25) is 0 Å². The fourth-order valence-corrected chi connectivity index (χ4v) is 3.58. The largest absolute Gasteiger partial charge is 0.479 e. The minimum Gasteiger partial charge on any atom is -0.479 e. The van der Waals surface area contributed by atoms with E-state index in [-0.39, 0.29) is 18.8 Å². The highest BCUT2D eigenvalue weighted by Gasteiger charge is 2.50. The number of rotatable bonds is 8. The molecule has 9 heteroatoms. The maximum absolute atomic E-state index is 14.0. The van der Waals surface area contributed by atoms with E-state index in [4.69, 9.17) is 14.2 Å². The molecule has 2 aromatic rings. The van der Waals surface area contributed by atoms with Gasteiger partial charge in [0.15, 0.2) is 5.60 Å². The van der Waals surface area contributed by atoms with Gasteiger partial charge in [-0.15, -0.1) is 0 Å². The van der Waals surface area contributed by atoms with Crippen molar-refractivity contribution in [3.63, 3.8) is 0 Å². The number of aromatic nitrogens is 2. The van der Waals surface area contributed by atoms with Crippen molar-refractivity contribution in [3.05, 3.63) is 52.1 Å². The van der Waals surface area contributed by atoms with E-state index in [1.54, 1.807) is 0 Å². The van der Waals surface area contributed by atoms with E-state index in [0.29, 0.717) is 23.7 Å². The Morgan fingerprint density at radius 1 is 1.28 bits per heavy atom. The molecule has 0 saturated carbocycles. The number of hydrogen-bond acceptors (Lipinski definition) is 7. The van der Waals surface area contributed by atoms with Crippen LogP contribution in [0.3, 0.4) is 0 Å². The first-order valence-electron chi connectivity index (χ1n) is 9.43. The molecule has 1 aromatic heterocycles. The van der Waals surface area contributed by atoms with E-state index < -0.39 is 23.6 Å². The van der Waals surface area contributed by atoms with Gasteiger partial charge in [0.1, 0.15) is 23.5 Å². The number of aryl methyl sites for hydroxylation is 1. The van der Waals surface area contributed by atoms with Gasteiger partial charge in [0.05, 0.1) is 19.3 Å². The summed E-state index contributed by atoms with van der Waals surface area (Å²) >= 11 is 0. The Morgan fingerprint density at radius 3 is 2.66 bits per heavy atom. The molecule has 2 heterocycles. The molecule has 0 radical (unpaired) electrons. The van der Waals surface area contributed by atoms with E-state index in [1.807, 2.05) is 6.92 Å². The molecule has 0 spiro atoms. The highest BCUT2D eigenvalue weighted by Crippen LogP contribution is 2.42. The van der Waals surface area contributed by atoms with Crippen molar-refractivity contribution in [2.45, 2.75) is 37.6 Å². The third-order valence-electron chi connectivity index (χ3n) is 4.86. The number of anilines is 1. The number of fused-ring (bicyclic) bond motifs is 1. The van der Waals surface area contributed by atoms with Crippen LogP contribution in [0, 0.1) is 5.82 Å². The van der Waals surface area contributed by atoms with Gasteiger partial charge in [0, 0.05) is 32.4 Å². The zero-order valence-corrected chi connectivity index (χ0v) is 16.7. The third-order valence-corrected chi connectivity index (χ3v) is 4.86. The number of nitrogens with one attached hydrogen (secondary N) is 1. The lowest BCUT2D eigenvalue weighted by Crippen LogP contribution is -2.60. The normalized spacial score (nSPS) is 20.0. The SMILES string of the molecule is CCCn1nc(N[C@H]2c3cc(F)ccc3OC(COC)(COC)[C@@H]2O)ccc1=O. The summed E-state index contributed by atoms with van der Waals surface area (Å²) in [7, 11) is 3.00. The summed E-state index contributed by atoms with van der Waals surface area (Å²) in [6, 6.07) is 6.28. The maximum atomic E-state index is 14.0. The molecule has 1 aliphatic heterocycles. The van der Waals surface area contributed by atoms with Gasteiger partial charge in [-0.05, 0) is 30.7 Å². The number of aliphatic hydroxyl groups is 1. The van der Waals surface area contributed by atoms with E-state index in [9.17, 15) is 14.3 Å². The summed E-state index contributed by atoms with van der Waals surface area (Å²) in [5, 5.41) is 18.6. The van der Waals surface area contributed by atoms with Crippen LogP contribution in [0.5, 0.6) is 5.75 Å². The zero-order chi connectivity index (χ0) is 21.0. The molecule has 0 saturated heterocycles. The molecule has 0 bridgehead atoms. The summed E-state index contributed by atoms with van der Waals surface area (Å²) < 4.78 is 31.9. The molecule has 0 amide bonds.